The number of ether oxygens (including phenoxy) is 1. The molecule has 0 atom stereocenters. The summed E-state index contributed by atoms with van der Waals surface area (Å²) in [5, 5.41) is 8.59. The van der Waals surface area contributed by atoms with E-state index in [-0.39, 0.29) is 18.2 Å². The summed E-state index contributed by atoms with van der Waals surface area (Å²) in [6, 6.07) is 0. The van der Waals surface area contributed by atoms with E-state index in [4.69, 9.17) is 9.84 Å². The van der Waals surface area contributed by atoms with Gasteiger partial charge in [0.15, 0.2) is 0 Å². The van der Waals surface area contributed by atoms with Gasteiger partial charge in [0.1, 0.15) is 0 Å². The Kier molecular flexibility index (Phi) is 5.25. The molecule has 0 saturated carbocycles. The predicted molar refractivity (Wildman–Crippen MR) is 58.0 cm³/mol. The molecule has 1 saturated heterocycles. The van der Waals surface area contributed by atoms with Crippen LogP contribution in [0, 0.1) is 5.92 Å². The number of carbonyl (C=O) groups excluding carboxylic acids is 1. The molecule has 1 aliphatic rings. The summed E-state index contributed by atoms with van der Waals surface area (Å²) in [5.74, 6) is -0.771. The molecule has 1 fully saturated rings. The van der Waals surface area contributed by atoms with Crippen LogP contribution < -0.4 is 0 Å². The molecule has 1 rings (SSSR count). The summed E-state index contributed by atoms with van der Waals surface area (Å²) in [7, 11) is 0. The predicted octanol–water partition coefficient (Wildman–Crippen LogP) is 0.736. The monoisotopic (exact) mass is 229 g/mol. The lowest BCUT2D eigenvalue weighted by Gasteiger charge is -2.28. The molecule has 92 valence electrons. The Morgan fingerprint density at radius 3 is 2.50 bits per heavy atom. The Morgan fingerprint density at radius 1 is 1.38 bits per heavy atom. The van der Waals surface area contributed by atoms with Crippen LogP contribution in [0.5, 0.6) is 0 Å². The van der Waals surface area contributed by atoms with E-state index in [1.807, 2.05) is 6.92 Å². The van der Waals surface area contributed by atoms with Gasteiger partial charge < -0.3 is 14.7 Å². The lowest BCUT2D eigenvalue weighted by atomic mass is 9.98. The van der Waals surface area contributed by atoms with Gasteiger partial charge in [0.2, 0.25) is 5.91 Å². The van der Waals surface area contributed by atoms with Gasteiger partial charge in [0.25, 0.3) is 0 Å². The number of aliphatic carboxylic acids is 1. The molecule has 1 aliphatic heterocycles. The van der Waals surface area contributed by atoms with E-state index in [0.717, 1.165) is 12.8 Å². The van der Waals surface area contributed by atoms with E-state index in [2.05, 4.69) is 0 Å². The first-order valence-corrected chi connectivity index (χ1v) is 5.73. The minimum Gasteiger partial charge on any atom is -0.481 e. The van der Waals surface area contributed by atoms with Gasteiger partial charge in [-0.2, -0.15) is 0 Å². The molecule has 0 spiro atoms. The van der Waals surface area contributed by atoms with Crippen molar-refractivity contribution in [3.63, 3.8) is 0 Å². The number of carboxylic acid groups (broad SMARTS) is 1. The van der Waals surface area contributed by atoms with Crippen LogP contribution in [0.3, 0.4) is 0 Å². The largest absolute Gasteiger partial charge is 0.481 e. The number of carbonyl (C=O) groups is 2. The van der Waals surface area contributed by atoms with Crippen molar-refractivity contribution in [2.75, 3.05) is 26.3 Å². The zero-order chi connectivity index (χ0) is 12.0. The molecule has 0 bridgehead atoms. The molecule has 16 heavy (non-hydrogen) atoms. The second kappa shape index (κ2) is 6.48. The Labute approximate surface area is 95.4 Å². The van der Waals surface area contributed by atoms with Crippen LogP contribution in [0.2, 0.25) is 0 Å². The second-order valence-corrected chi connectivity index (χ2v) is 3.95. The van der Waals surface area contributed by atoms with E-state index in [1.165, 1.54) is 0 Å². The number of nitrogens with zero attached hydrogens (tertiary/aromatic N) is 1. The maximum absolute atomic E-state index is 12.0. The first-order chi connectivity index (χ1) is 7.65. The maximum atomic E-state index is 12.0. The van der Waals surface area contributed by atoms with E-state index < -0.39 is 5.97 Å². The molecule has 0 unspecified atom stereocenters. The van der Waals surface area contributed by atoms with Gasteiger partial charge in [-0.1, -0.05) is 0 Å². The lowest BCUT2D eigenvalue weighted by molar-refractivity contribution is -0.141. The summed E-state index contributed by atoms with van der Waals surface area (Å²) in [6.07, 6.45) is 1.52. The van der Waals surface area contributed by atoms with Gasteiger partial charge in [0, 0.05) is 32.2 Å². The van der Waals surface area contributed by atoms with E-state index >= 15 is 0 Å². The van der Waals surface area contributed by atoms with Crippen LogP contribution in [0.25, 0.3) is 0 Å². The maximum Gasteiger partial charge on any atom is 0.305 e. The number of amides is 1. The summed E-state index contributed by atoms with van der Waals surface area (Å²) < 4.78 is 5.20. The van der Waals surface area contributed by atoms with Crippen LogP contribution in [0.1, 0.15) is 26.2 Å². The van der Waals surface area contributed by atoms with E-state index in [9.17, 15) is 9.59 Å². The molecule has 1 heterocycles. The van der Waals surface area contributed by atoms with Gasteiger partial charge >= 0.3 is 5.97 Å². The van der Waals surface area contributed by atoms with Crippen LogP contribution in [-0.4, -0.2) is 48.2 Å². The van der Waals surface area contributed by atoms with Crippen LogP contribution >= 0.6 is 0 Å². The Hall–Kier alpha value is -1.10. The van der Waals surface area contributed by atoms with E-state index in [0.29, 0.717) is 26.3 Å². The summed E-state index contributed by atoms with van der Waals surface area (Å²) in [5.41, 5.74) is 0. The highest BCUT2D eigenvalue weighted by atomic mass is 16.5. The molecule has 1 amide bonds. The molecule has 1 N–H and O–H groups in total. The van der Waals surface area contributed by atoms with Crippen molar-refractivity contribution in [1.29, 1.82) is 0 Å². The smallest absolute Gasteiger partial charge is 0.305 e. The van der Waals surface area contributed by atoms with Crippen molar-refractivity contribution >= 4 is 11.9 Å². The molecular weight excluding hydrogens is 210 g/mol. The molecule has 0 aromatic heterocycles. The summed E-state index contributed by atoms with van der Waals surface area (Å²) in [4.78, 5) is 24.1. The molecule has 0 radical (unpaired) electrons. The van der Waals surface area contributed by atoms with Crippen molar-refractivity contribution < 1.29 is 19.4 Å². The molecule has 5 heteroatoms. The minimum absolute atomic E-state index is 0.0162. The Bertz CT molecular complexity index is 248. The molecule has 0 aromatic carbocycles. The van der Waals surface area contributed by atoms with Gasteiger partial charge in [-0.3, -0.25) is 9.59 Å². The van der Waals surface area contributed by atoms with Crippen LogP contribution in [0.4, 0.5) is 0 Å². The first-order valence-electron chi connectivity index (χ1n) is 5.73. The fraction of sp³-hybridized carbons (Fsp3) is 0.818. The normalized spacial score (nSPS) is 17.1. The summed E-state index contributed by atoms with van der Waals surface area (Å²) in [6.45, 7) is 4.02. The Morgan fingerprint density at radius 2 is 2.00 bits per heavy atom. The fourth-order valence-corrected chi connectivity index (χ4v) is 1.86. The average Bonchev–Trinajstić information content (AvgIpc) is 2.30. The number of rotatable bonds is 5. The first kappa shape index (κ1) is 13.0. The van der Waals surface area contributed by atoms with E-state index in [1.54, 1.807) is 4.90 Å². The number of hydrogen-bond donors (Lipinski definition) is 1. The van der Waals surface area contributed by atoms with Crippen LogP contribution in [-0.2, 0) is 14.3 Å². The highest BCUT2D eigenvalue weighted by Crippen LogP contribution is 2.17. The second-order valence-electron chi connectivity index (χ2n) is 3.95. The highest BCUT2D eigenvalue weighted by Gasteiger charge is 2.25. The van der Waals surface area contributed by atoms with Crippen molar-refractivity contribution in [2.45, 2.75) is 26.2 Å². The highest BCUT2D eigenvalue weighted by molar-refractivity contribution is 5.79. The van der Waals surface area contributed by atoms with Gasteiger partial charge in [-0.25, -0.2) is 0 Å². The standard InChI is InChI=1S/C11H19NO4/c1-2-12(6-3-10(13)14)11(15)9-4-7-16-8-5-9/h9H,2-8H2,1H3,(H,13,14). The molecular formula is C11H19NO4. The third kappa shape index (κ3) is 3.81. The lowest BCUT2D eigenvalue weighted by Crippen LogP contribution is -2.39. The zero-order valence-corrected chi connectivity index (χ0v) is 9.65. The van der Waals surface area contributed by atoms with Gasteiger partial charge in [0.05, 0.1) is 6.42 Å². The fourth-order valence-electron chi connectivity index (χ4n) is 1.86. The van der Waals surface area contributed by atoms with Crippen molar-refractivity contribution in [1.82, 2.24) is 4.90 Å². The molecule has 0 aromatic rings. The topological polar surface area (TPSA) is 66.8 Å². The van der Waals surface area contributed by atoms with Gasteiger partial charge in [-0.15, -0.1) is 0 Å². The van der Waals surface area contributed by atoms with Crippen LogP contribution in [0.15, 0.2) is 0 Å². The minimum atomic E-state index is -0.863. The third-order valence-electron chi connectivity index (χ3n) is 2.86. The van der Waals surface area contributed by atoms with Crippen molar-refractivity contribution in [3.8, 4) is 0 Å². The Balaban J connectivity index is 2.44. The average molecular weight is 229 g/mol. The molecule has 0 aliphatic carbocycles. The molecule has 5 nitrogen and oxygen atoms in total. The van der Waals surface area contributed by atoms with Crippen molar-refractivity contribution in [2.24, 2.45) is 5.92 Å². The third-order valence-corrected chi connectivity index (χ3v) is 2.86. The number of hydrogen-bond acceptors (Lipinski definition) is 3. The quantitative estimate of drug-likeness (QED) is 0.755. The number of carboxylic acids is 1. The van der Waals surface area contributed by atoms with Gasteiger partial charge in [-0.05, 0) is 19.8 Å². The van der Waals surface area contributed by atoms with Crippen molar-refractivity contribution in [3.05, 3.63) is 0 Å². The zero-order valence-electron chi connectivity index (χ0n) is 9.65. The SMILES string of the molecule is CCN(CCC(=O)O)C(=O)C1CCOCC1. The summed E-state index contributed by atoms with van der Waals surface area (Å²) >= 11 is 0.